The maximum absolute atomic E-state index is 8.77. The molecule has 1 fully saturated rings. The average molecular weight is 378 g/mol. The van der Waals surface area contributed by atoms with Crippen LogP contribution in [0, 0.1) is 0 Å². The third kappa shape index (κ3) is 474. The zero-order chi connectivity index (χ0) is 17.1. The summed E-state index contributed by atoms with van der Waals surface area (Å²) in [6, 6.07) is 0. The van der Waals surface area contributed by atoms with Crippen LogP contribution in [0.4, 0.5) is 19.2 Å². The number of carboxylic acid groups (broad SMARTS) is 4. The molecule has 20 heavy (non-hydrogen) atoms. The van der Waals surface area contributed by atoms with Gasteiger partial charge in [0.25, 0.3) is 0 Å². The number of hydrogen-bond acceptors (Lipinski definition) is 4. The van der Waals surface area contributed by atoms with Gasteiger partial charge >= 0.3 is 21.7 Å². The molecule has 1 rings (SSSR count). The average Bonchev–Trinajstić information content (AvgIpc) is 1.91. The van der Waals surface area contributed by atoms with Crippen molar-refractivity contribution in [2.24, 2.45) is 0 Å². The molecule has 0 heterocycles. The van der Waals surface area contributed by atoms with Gasteiger partial charge in [0, 0.05) is 46.4 Å². The van der Waals surface area contributed by atoms with E-state index in [1.807, 2.05) is 0 Å². The largest absolute Gasteiger partial charge is 0.469 e. The fourth-order valence-corrected chi connectivity index (χ4v) is 0.250. The zero-order valence-electron chi connectivity index (χ0n) is 9.76. The van der Waals surface area contributed by atoms with Gasteiger partial charge < -0.3 is 20.4 Å². The highest BCUT2D eigenvalue weighted by Crippen LogP contribution is 2.15. The molecule has 12 heteroatoms. The summed E-state index contributed by atoms with van der Waals surface area (Å²) in [7, 11) is 0. The van der Waals surface area contributed by atoms with E-state index < -0.39 is 21.7 Å². The molecule has 120 valence electrons. The molecule has 0 unspecified atom stereocenters. The molecule has 0 aromatic heterocycles. The number of carbonyl (C=O) groups is 4. The predicted molar refractivity (Wildman–Crippen MR) is 74.0 cm³/mol. The molecule has 8 nitrogen and oxygen atoms in total. The zero-order valence-corrected chi connectivity index (χ0v) is 12.8. The molecule has 0 bridgehead atoms. The van der Waals surface area contributed by atoms with Gasteiger partial charge in [0.05, 0.1) is 0 Å². The molecule has 0 aromatic rings. The van der Waals surface area contributed by atoms with Gasteiger partial charge in [-0.15, -0.1) is 0 Å². The van der Waals surface area contributed by atoms with E-state index in [1.54, 1.807) is 0 Å². The van der Waals surface area contributed by atoms with E-state index in [0.29, 0.717) is 0 Å². The fourth-order valence-electron chi connectivity index (χ4n) is 0.250. The first-order valence-corrected chi connectivity index (χ1v) is 5.98. The first kappa shape index (κ1) is 27.4. The number of halogens is 4. The lowest BCUT2D eigenvalue weighted by atomic mass is 10.0. The number of rotatable bonds is 0. The van der Waals surface area contributed by atoms with Gasteiger partial charge in [0.15, 0.2) is 0 Å². The van der Waals surface area contributed by atoms with Crippen LogP contribution in [-0.2, 0) is 0 Å². The summed E-state index contributed by atoms with van der Waals surface area (Å²) in [6.07, 6.45) is 6.00. The van der Waals surface area contributed by atoms with E-state index in [4.69, 9.17) is 39.6 Å². The van der Waals surface area contributed by atoms with Crippen molar-refractivity contribution in [1.82, 2.24) is 0 Å². The van der Waals surface area contributed by atoms with E-state index in [9.17, 15) is 0 Å². The Balaban J connectivity index is -0.0000000800. The monoisotopic (exact) mass is 376 g/mol. The third-order valence-electron chi connectivity index (χ3n) is 1.000. The fraction of sp³-hybridized carbons (Fsp3) is 0.500. The Morgan fingerprint density at radius 2 is 0.550 bits per heavy atom. The molecule has 0 atom stereocenters. The highest BCUT2D eigenvalue weighted by atomic mass is 35.5. The molecule has 1 aliphatic carbocycles. The maximum Gasteiger partial charge on any atom is 0.401 e. The summed E-state index contributed by atoms with van der Waals surface area (Å²) in [5.41, 5.74) is -5.44. The molecule has 1 saturated carbocycles. The molecule has 4 N–H and O–H groups in total. The van der Waals surface area contributed by atoms with Gasteiger partial charge in [-0.05, 0) is 0 Å². The Morgan fingerprint density at radius 1 is 0.500 bits per heavy atom. The second kappa shape index (κ2) is 23.2. The van der Waals surface area contributed by atoms with E-state index in [-0.39, 0.29) is 0 Å². The standard InChI is InChI=1S/C4H8.4CHClO2/c1-2-4-3-1;4*2-1(3)4/h1-4H2;4*(H,3,4). The van der Waals surface area contributed by atoms with E-state index >= 15 is 0 Å². The van der Waals surface area contributed by atoms with Crippen molar-refractivity contribution in [3.05, 3.63) is 0 Å². The minimum Gasteiger partial charge on any atom is -0.469 e. The summed E-state index contributed by atoms with van der Waals surface area (Å²) in [4.78, 5) is 35.1. The lowest BCUT2D eigenvalue weighted by Gasteiger charge is -2.05. The minimum atomic E-state index is -1.36. The second-order valence-corrected chi connectivity index (χ2v) is 3.72. The van der Waals surface area contributed by atoms with Crippen LogP contribution in [0.1, 0.15) is 25.7 Å². The summed E-state index contributed by atoms with van der Waals surface area (Å²) in [5, 5.41) is 28.7. The summed E-state index contributed by atoms with van der Waals surface area (Å²) >= 11 is 16.8. The van der Waals surface area contributed by atoms with Crippen molar-refractivity contribution in [3.63, 3.8) is 0 Å². The normalized spacial score (nSPS) is 9.80. The van der Waals surface area contributed by atoms with E-state index in [0.717, 1.165) is 0 Å². The summed E-state index contributed by atoms with van der Waals surface area (Å²) in [6.45, 7) is 0. The molecule has 0 radical (unpaired) electrons. The first-order valence-electron chi connectivity index (χ1n) is 4.47. The van der Waals surface area contributed by atoms with Crippen LogP contribution in [0.2, 0.25) is 0 Å². The van der Waals surface area contributed by atoms with Crippen molar-refractivity contribution in [1.29, 1.82) is 0 Å². The maximum atomic E-state index is 8.77. The second-order valence-electron chi connectivity index (χ2n) is 2.43. The molecule has 1 aliphatic rings. The quantitative estimate of drug-likeness (QED) is 0.422. The van der Waals surface area contributed by atoms with Crippen LogP contribution in [0.5, 0.6) is 0 Å². The lowest BCUT2D eigenvalue weighted by Crippen LogP contribution is -1.85. The Labute approximate surface area is 133 Å². The molecule has 0 saturated heterocycles. The van der Waals surface area contributed by atoms with Gasteiger partial charge in [0.1, 0.15) is 0 Å². The first-order chi connectivity index (χ1) is 8.93. The van der Waals surface area contributed by atoms with Gasteiger partial charge in [-0.3, -0.25) is 0 Å². The van der Waals surface area contributed by atoms with E-state index in [1.165, 1.54) is 25.7 Å². The summed E-state index contributed by atoms with van der Waals surface area (Å²) < 4.78 is 0. The van der Waals surface area contributed by atoms with Crippen LogP contribution in [-0.4, -0.2) is 42.1 Å². The predicted octanol–water partition coefficient (Wildman–Crippen LogP) is 5.17. The Morgan fingerprint density at radius 3 is 0.550 bits per heavy atom. The summed E-state index contributed by atoms with van der Waals surface area (Å²) in [5.74, 6) is 0. The minimum absolute atomic E-state index is 1.36. The molecule has 0 amide bonds. The van der Waals surface area contributed by atoms with Gasteiger partial charge in [-0.25, -0.2) is 19.2 Å². The van der Waals surface area contributed by atoms with E-state index in [2.05, 4.69) is 46.4 Å². The van der Waals surface area contributed by atoms with Crippen LogP contribution in [0.3, 0.4) is 0 Å². The Kier molecular flexibility index (Phi) is 31.7. The molecular weight excluding hydrogens is 366 g/mol. The lowest BCUT2D eigenvalue weighted by molar-refractivity contribution is 0.219. The smallest absolute Gasteiger partial charge is 0.401 e. The van der Waals surface area contributed by atoms with Crippen molar-refractivity contribution in [3.8, 4) is 0 Å². The van der Waals surface area contributed by atoms with Gasteiger partial charge in [-0.1, -0.05) is 25.7 Å². The highest BCUT2D eigenvalue weighted by Gasteiger charge is 1.95. The van der Waals surface area contributed by atoms with Gasteiger partial charge in [-0.2, -0.15) is 0 Å². The van der Waals surface area contributed by atoms with Crippen LogP contribution in [0.15, 0.2) is 0 Å². The molecule has 0 aliphatic heterocycles. The van der Waals surface area contributed by atoms with Crippen LogP contribution < -0.4 is 0 Å². The van der Waals surface area contributed by atoms with Crippen molar-refractivity contribution < 1.29 is 39.6 Å². The Hall–Kier alpha value is -0.960. The number of hydrogen-bond donors (Lipinski definition) is 4. The molecule has 0 spiro atoms. The topological polar surface area (TPSA) is 149 Å². The third-order valence-corrected chi connectivity index (χ3v) is 1.000. The Bertz CT molecular complexity index is 212. The van der Waals surface area contributed by atoms with Crippen LogP contribution >= 0.6 is 46.4 Å². The van der Waals surface area contributed by atoms with Crippen molar-refractivity contribution >= 4 is 68.1 Å². The van der Waals surface area contributed by atoms with Crippen molar-refractivity contribution in [2.45, 2.75) is 25.7 Å². The SMILES string of the molecule is C1CCC1.O=C(O)Cl.O=C(O)Cl.O=C(O)Cl.O=C(O)Cl. The van der Waals surface area contributed by atoms with Crippen molar-refractivity contribution in [2.75, 3.05) is 0 Å². The molecule has 0 aromatic carbocycles. The van der Waals surface area contributed by atoms with Gasteiger partial charge in [0.2, 0.25) is 0 Å². The van der Waals surface area contributed by atoms with Crippen LogP contribution in [0.25, 0.3) is 0 Å². The molecular formula is C8H12Cl4O8. The highest BCUT2D eigenvalue weighted by molar-refractivity contribution is 6.61.